The van der Waals surface area contributed by atoms with Gasteiger partial charge in [-0.1, -0.05) is 25.1 Å². The van der Waals surface area contributed by atoms with Crippen LogP contribution in [0.2, 0.25) is 0 Å². The summed E-state index contributed by atoms with van der Waals surface area (Å²) in [6, 6.07) is 8.10. The molecule has 0 spiro atoms. The average molecular weight is 324 g/mol. The Labute approximate surface area is 130 Å². The fourth-order valence-corrected chi connectivity index (χ4v) is 4.91. The quantitative estimate of drug-likeness (QED) is 0.629. The summed E-state index contributed by atoms with van der Waals surface area (Å²) in [4.78, 5) is 23.4. The van der Waals surface area contributed by atoms with Gasteiger partial charge in [0.15, 0.2) is 9.84 Å². The lowest BCUT2D eigenvalue weighted by atomic mass is 9.99. The van der Waals surface area contributed by atoms with Gasteiger partial charge in [-0.15, -0.1) is 0 Å². The lowest BCUT2D eigenvalue weighted by Gasteiger charge is -2.27. The van der Waals surface area contributed by atoms with E-state index < -0.39 is 33.1 Å². The summed E-state index contributed by atoms with van der Waals surface area (Å²) in [7, 11) is -3.65. The fraction of sp³-hybridized carbons (Fsp3) is 0.500. The van der Waals surface area contributed by atoms with E-state index in [1.165, 1.54) is 19.1 Å². The normalized spacial score (nSPS) is 26.3. The number of ketones is 1. The largest absolute Gasteiger partial charge is 0.462 e. The van der Waals surface area contributed by atoms with Crippen molar-refractivity contribution >= 4 is 21.6 Å². The van der Waals surface area contributed by atoms with E-state index in [2.05, 4.69) is 0 Å². The second kappa shape index (κ2) is 6.60. The number of Topliss-reactive ketones (excluding diaryl/α,β-unsaturated/α-hetero) is 1. The van der Waals surface area contributed by atoms with Crippen molar-refractivity contribution in [2.24, 2.45) is 5.92 Å². The van der Waals surface area contributed by atoms with Crippen LogP contribution in [0.3, 0.4) is 0 Å². The van der Waals surface area contributed by atoms with Crippen LogP contribution < -0.4 is 0 Å². The van der Waals surface area contributed by atoms with Crippen LogP contribution in [0.25, 0.3) is 0 Å². The lowest BCUT2D eigenvalue weighted by Crippen LogP contribution is -2.36. The van der Waals surface area contributed by atoms with Crippen LogP contribution in [0.15, 0.2) is 35.2 Å². The maximum Gasteiger partial charge on any atom is 0.302 e. The molecule has 1 saturated carbocycles. The highest BCUT2D eigenvalue weighted by molar-refractivity contribution is 7.92. The molecule has 0 aromatic heterocycles. The Morgan fingerprint density at radius 3 is 2.45 bits per heavy atom. The molecule has 6 heteroatoms. The predicted molar refractivity (Wildman–Crippen MR) is 81.0 cm³/mol. The summed E-state index contributed by atoms with van der Waals surface area (Å²) < 4.78 is 30.9. The number of hydrogen-bond acceptors (Lipinski definition) is 5. The Bertz CT molecular complexity index is 650. The zero-order valence-electron chi connectivity index (χ0n) is 12.7. The Morgan fingerprint density at radius 2 is 1.86 bits per heavy atom. The third kappa shape index (κ3) is 3.55. The number of sulfone groups is 1. The molecule has 1 aliphatic carbocycles. The summed E-state index contributed by atoms with van der Waals surface area (Å²) in [6.07, 6.45) is 0.0343. The van der Waals surface area contributed by atoms with Crippen molar-refractivity contribution in [2.45, 2.75) is 49.4 Å². The van der Waals surface area contributed by atoms with Crippen LogP contribution in [0.1, 0.15) is 33.1 Å². The first-order valence-corrected chi connectivity index (χ1v) is 8.85. The maximum absolute atomic E-state index is 12.8. The molecule has 5 nitrogen and oxygen atoms in total. The number of carbonyl (C=O) groups excluding carboxylic acids is 2. The highest BCUT2D eigenvalue weighted by atomic mass is 32.2. The summed E-state index contributed by atoms with van der Waals surface area (Å²) in [5.74, 6) is -0.992. The van der Waals surface area contributed by atoms with Crippen molar-refractivity contribution in [3.63, 3.8) is 0 Å². The van der Waals surface area contributed by atoms with Gasteiger partial charge in [-0.2, -0.15) is 0 Å². The fourth-order valence-electron chi connectivity index (χ4n) is 2.87. The number of esters is 1. The SMILES string of the molecule is CC(=O)O[C@H]1CCC(=O)C[C@@H](S(=O)(=O)c2ccccc2)[C@H]1C. The smallest absolute Gasteiger partial charge is 0.302 e. The lowest BCUT2D eigenvalue weighted by molar-refractivity contribution is -0.149. The third-order valence-electron chi connectivity index (χ3n) is 4.10. The molecule has 3 atom stereocenters. The van der Waals surface area contributed by atoms with Crippen LogP contribution in [0.4, 0.5) is 0 Å². The van der Waals surface area contributed by atoms with Gasteiger partial charge in [-0.25, -0.2) is 8.42 Å². The molecule has 0 heterocycles. The molecular weight excluding hydrogens is 304 g/mol. The first-order chi connectivity index (χ1) is 10.3. The number of benzene rings is 1. The topological polar surface area (TPSA) is 77.5 Å². The van der Waals surface area contributed by atoms with Gasteiger partial charge in [0.05, 0.1) is 10.1 Å². The second-order valence-electron chi connectivity index (χ2n) is 5.68. The van der Waals surface area contributed by atoms with Gasteiger partial charge in [0.1, 0.15) is 11.9 Å². The van der Waals surface area contributed by atoms with Gasteiger partial charge in [0, 0.05) is 25.7 Å². The van der Waals surface area contributed by atoms with Gasteiger partial charge in [0.2, 0.25) is 0 Å². The van der Waals surface area contributed by atoms with Crippen molar-refractivity contribution in [1.82, 2.24) is 0 Å². The van der Waals surface area contributed by atoms with Gasteiger partial charge in [0.25, 0.3) is 0 Å². The molecule has 0 bridgehead atoms. The van der Waals surface area contributed by atoms with E-state index in [-0.39, 0.29) is 23.5 Å². The van der Waals surface area contributed by atoms with Gasteiger partial charge >= 0.3 is 5.97 Å². The van der Waals surface area contributed by atoms with Crippen LogP contribution in [-0.2, 0) is 24.2 Å². The second-order valence-corrected chi connectivity index (χ2v) is 7.85. The Morgan fingerprint density at radius 1 is 1.23 bits per heavy atom. The van der Waals surface area contributed by atoms with Crippen LogP contribution in [-0.4, -0.2) is 31.5 Å². The molecule has 0 radical (unpaired) electrons. The Balaban J connectivity index is 2.37. The molecule has 1 aromatic rings. The highest BCUT2D eigenvalue weighted by Gasteiger charge is 2.41. The number of rotatable bonds is 3. The van der Waals surface area contributed by atoms with Crippen molar-refractivity contribution in [2.75, 3.05) is 0 Å². The molecule has 1 aromatic carbocycles. The molecule has 0 saturated heterocycles. The molecule has 2 rings (SSSR count). The molecule has 1 aliphatic rings. The molecule has 120 valence electrons. The number of ether oxygens (including phenoxy) is 1. The van der Waals surface area contributed by atoms with E-state index >= 15 is 0 Å². The van der Waals surface area contributed by atoms with E-state index in [0.717, 1.165) is 0 Å². The zero-order valence-corrected chi connectivity index (χ0v) is 13.5. The first kappa shape index (κ1) is 16.7. The summed E-state index contributed by atoms with van der Waals surface area (Å²) in [5, 5.41) is -0.866. The standard InChI is InChI=1S/C16H20O5S/c1-11-15(21-12(2)17)9-8-13(18)10-16(11)22(19,20)14-6-4-3-5-7-14/h3-7,11,15-16H,8-10H2,1-2H3/t11-,15-,16+/m0/s1. The molecule has 0 N–H and O–H groups in total. The number of carbonyl (C=O) groups is 2. The Hall–Kier alpha value is -1.69. The molecule has 0 amide bonds. The van der Waals surface area contributed by atoms with E-state index in [9.17, 15) is 18.0 Å². The van der Waals surface area contributed by atoms with E-state index in [1.807, 2.05) is 0 Å². The first-order valence-electron chi connectivity index (χ1n) is 7.30. The average Bonchev–Trinajstić information content (AvgIpc) is 2.61. The van der Waals surface area contributed by atoms with Crippen molar-refractivity contribution in [3.8, 4) is 0 Å². The minimum atomic E-state index is -3.65. The summed E-state index contributed by atoms with van der Waals surface area (Å²) in [5.41, 5.74) is 0. The van der Waals surface area contributed by atoms with Crippen LogP contribution in [0, 0.1) is 5.92 Å². The highest BCUT2D eigenvalue weighted by Crippen LogP contribution is 2.32. The molecular formula is C16H20O5S. The molecule has 0 aliphatic heterocycles. The van der Waals surface area contributed by atoms with Crippen molar-refractivity contribution in [1.29, 1.82) is 0 Å². The molecule has 0 unspecified atom stereocenters. The summed E-state index contributed by atoms with van der Waals surface area (Å²) >= 11 is 0. The summed E-state index contributed by atoms with van der Waals surface area (Å²) in [6.45, 7) is 3.03. The van der Waals surface area contributed by atoms with Crippen molar-refractivity contribution in [3.05, 3.63) is 30.3 Å². The zero-order chi connectivity index (χ0) is 16.3. The van der Waals surface area contributed by atoms with Crippen molar-refractivity contribution < 1.29 is 22.7 Å². The van der Waals surface area contributed by atoms with E-state index in [0.29, 0.717) is 6.42 Å². The third-order valence-corrected chi connectivity index (χ3v) is 6.42. The van der Waals surface area contributed by atoms with Gasteiger partial charge < -0.3 is 4.74 Å². The van der Waals surface area contributed by atoms with Gasteiger partial charge in [-0.3, -0.25) is 9.59 Å². The predicted octanol–water partition coefficient (Wildman–Crippen LogP) is 2.15. The van der Waals surface area contributed by atoms with Crippen LogP contribution in [0.5, 0.6) is 0 Å². The molecule has 1 fully saturated rings. The minimum absolute atomic E-state index is 0.0316. The monoisotopic (exact) mass is 324 g/mol. The molecule has 22 heavy (non-hydrogen) atoms. The number of hydrogen-bond donors (Lipinski definition) is 0. The van der Waals surface area contributed by atoms with E-state index in [4.69, 9.17) is 4.74 Å². The minimum Gasteiger partial charge on any atom is -0.462 e. The van der Waals surface area contributed by atoms with Crippen LogP contribution >= 0.6 is 0 Å². The Kier molecular flexibility index (Phi) is 5.01. The van der Waals surface area contributed by atoms with Gasteiger partial charge in [-0.05, 0) is 18.6 Å². The maximum atomic E-state index is 12.8. The van der Waals surface area contributed by atoms with E-state index in [1.54, 1.807) is 25.1 Å².